The lowest BCUT2D eigenvalue weighted by molar-refractivity contribution is -0.110. The Morgan fingerprint density at radius 3 is 2.79 bits per heavy atom. The molecule has 0 aliphatic heterocycles. The number of methoxy groups -OCH3 is 1. The molecule has 1 aromatic carbocycles. The molecule has 2 unspecified atom stereocenters. The van der Waals surface area contributed by atoms with Crippen molar-refractivity contribution in [2.24, 2.45) is 5.41 Å². The summed E-state index contributed by atoms with van der Waals surface area (Å²) in [6.07, 6.45) is 1.28. The Bertz CT molecular complexity index is 630. The van der Waals surface area contributed by atoms with Crippen LogP contribution in [0.25, 0.3) is 11.0 Å². The van der Waals surface area contributed by atoms with Crippen LogP contribution in [0.15, 0.2) is 18.2 Å². The molecule has 0 bridgehead atoms. The first-order valence-electron chi connectivity index (χ1n) is 6.72. The Balaban J connectivity index is 2.09. The molecule has 1 fully saturated rings. The van der Waals surface area contributed by atoms with Gasteiger partial charge in [-0.15, -0.1) is 0 Å². The first-order valence-corrected chi connectivity index (χ1v) is 6.72. The van der Waals surface area contributed by atoms with E-state index in [-0.39, 0.29) is 5.41 Å². The van der Waals surface area contributed by atoms with E-state index in [2.05, 4.69) is 48.5 Å². The van der Waals surface area contributed by atoms with Gasteiger partial charge in [0.25, 0.3) is 0 Å². The van der Waals surface area contributed by atoms with E-state index in [4.69, 9.17) is 10.5 Å². The summed E-state index contributed by atoms with van der Waals surface area (Å²) < 4.78 is 7.70. The average molecular weight is 259 g/mol. The van der Waals surface area contributed by atoms with Crippen LogP contribution >= 0.6 is 0 Å². The highest BCUT2D eigenvalue weighted by Gasteiger charge is 2.50. The molecule has 0 radical (unpaired) electrons. The minimum Gasteiger partial charge on any atom is -0.381 e. The molecule has 1 heterocycles. The van der Waals surface area contributed by atoms with Crippen LogP contribution in [0, 0.1) is 12.3 Å². The maximum absolute atomic E-state index is 6.13. The number of aromatic nitrogens is 2. The van der Waals surface area contributed by atoms with E-state index < -0.39 is 0 Å². The Kier molecular flexibility index (Phi) is 2.61. The van der Waals surface area contributed by atoms with Crippen molar-refractivity contribution in [3.05, 3.63) is 23.8 Å². The van der Waals surface area contributed by atoms with Gasteiger partial charge in [-0.1, -0.05) is 19.9 Å². The number of ether oxygens (including phenoxy) is 1. The molecule has 2 N–H and O–H groups in total. The topological polar surface area (TPSA) is 53.1 Å². The number of hydrogen-bond donors (Lipinski definition) is 1. The third-order valence-corrected chi connectivity index (χ3v) is 4.59. The molecule has 1 aliphatic rings. The summed E-state index contributed by atoms with van der Waals surface area (Å²) in [5.74, 6) is 0.605. The molecule has 0 saturated heterocycles. The van der Waals surface area contributed by atoms with Gasteiger partial charge in [0, 0.05) is 18.6 Å². The fourth-order valence-electron chi connectivity index (χ4n) is 3.26. The summed E-state index contributed by atoms with van der Waals surface area (Å²) >= 11 is 0. The highest BCUT2D eigenvalue weighted by molar-refractivity contribution is 5.79. The second kappa shape index (κ2) is 3.97. The van der Waals surface area contributed by atoms with Gasteiger partial charge in [0.15, 0.2) is 0 Å². The maximum Gasteiger partial charge on any atom is 0.201 e. The summed E-state index contributed by atoms with van der Waals surface area (Å²) in [5.41, 5.74) is 9.53. The molecule has 1 saturated carbocycles. The second-order valence-electron chi connectivity index (χ2n) is 6.13. The zero-order valence-corrected chi connectivity index (χ0v) is 12.0. The molecular formula is C15H21N3O. The number of fused-ring (bicyclic) bond motifs is 1. The van der Waals surface area contributed by atoms with Gasteiger partial charge in [-0.3, -0.25) is 0 Å². The molecular weight excluding hydrogens is 238 g/mol. The van der Waals surface area contributed by atoms with E-state index in [1.54, 1.807) is 7.11 Å². The summed E-state index contributed by atoms with van der Waals surface area (Å²) in [6.45, 7) is 6.53. The number of imidazole rings is 1. The number of nitrogen functional groups attached to an aromatic ring is 1. The molecule has 1 aromatic heterocycles. The number of nitrogens with two attached hydrogens (primary N) is 1. The van der Waals surface area contributed by atoms with Crippen LogP contribution in [0.2, 0.25) is 0 Å². The van der Waals surface area contributed by atoms with E-state index in [9.17, 15) is 0 Å². The Morgan fingerprint density at radius 1 is 1.42 bits per heavy atom. The summed E-state index contributed by atoms with van der Waals surface area (Å²) in [7, 11) is 1.78. The van der Waals surface area contributed by atoms with Crippen molar-refractivity contribution in [1.29, 1.82) is 0 Å². The van der Waals surface area contributed by atoms with Gasteiger partial charge >= 0.3 is 0 Å². The third kappa shape index (κ3) is 1.66. The van der Waals surface area contributed by atoms with Crippen molar-refractivity contribution < 1.29 is 4.74 Å². The minimum absolute atomic E-state index is 0.0847. The standard InChI is InChI=1S/C15H21N3O/c1-9-5-6-11-10(7-9)17-14(16)18(11)12-8-13(19-4)15(12,2)3/h5-7,12-13H,8H2,1-4H3,(H2,16,17). The molecule has 4 heteroatoms. The van der Waals surface area contributed by atoms with Gasteiger partial charge in [0.1, 0.15) is 0 Å². The molecule has 0 spiro atoms. The van der Waals surface area contributed by atoms with Crippen LogP contribution in [0.3, 0.4) is 0 Å². The molecule has 4 nitrogen and oxygen atoms in total. The monoisotopic (exact) mass is 259 g/mol. The molecule has 1 aliphatic carbocycles. The largest absolute Gasteiger partial charge is 0.381 e. The Labute approximate surface area is 113 Å². The summed E-state index contributed by atoms with van der Waals surface area (Å²) in [4.78, 5) is 4.49. The van der Waals surface area contributed by atoms with Gasteiger partial charge in [-0.2, -0.15) is 0 Å². The van der Waals surface area contributed by atoms with E-state index >= 15 is 0 Å². The molecule has 2 atom stereocenters. The first kappa shape index (κ1) is 12.5. The van der Waals surface area contributed by atoms with Crippen LogP contribution in [-0.4, -0.2) is 22.8 Å². The predicted octanol–water partition coefficient (Wildman–Crippen LogP) is 2.91. The molecule has 19 heavy (non-hydrogen) atoms. The zero-order valence-electron chi connectivity index (χ0n) is 12.0. The van der Waals surface area contributed by atoms with Crippen molar-refractivity contribution in [1.82, 2.24) is 9.55 Å². The highest BCUT2D eigenvalue weighted by atomic mass is 16.5. The SMILES string of the molecule is COC1CC(n2c(N)nc3cc(C)ccc32)C1(C)C. The van der Waals surface area contributed by atoms with Crippen molar-refractivity contribution in [3.63, 3.8) is 0 Å². The first-order chi connectivity index (χ1) is 8.95. The number of nitrogens with zero attached hydrogens (tertiary/aromatic N) is 2. The van der Waals surface area contributed by atoms with Crippen LogP contribution in [0.1, 0.15) is 31.9 Å². The van der Waals surface area contributed by atoms with Gasteiger partial charge in [0.05, 0.1) is 17.1 Å². The fourth-order valence-corrected chi connectivity index (χ4v) is 3.26. The fraction of sp³-hybridized carbons (Fsp3) is 0.533. The van der Waals surface area contributed by atoms with E-state index in [1.165, 1.54) is 5.56 Å². The predicted molar refractivity (Wildman–Crippen MR) is 77.1 cm³/mol. The lowest BCUT2D eigenvalue weighted by atomic mass is 9.64. The number of rotatable bonds is 2. The van der Waals surface area contributed by atoms with Gasteiger partial charge in [-0.25, -0.2) is 4.98 Å². The van der Waals surface area contributed by atoms with E-state index in [1.807, 2.05) is 0 Å². The van der Waals surface area contributed by atoms with E-state index in [0.29, 0.717) is 18.1 Å². The third-order valence-electron chi connectivity index (χ3n) is 4.59. The molecule has 3 rings (SSSR count). The normalized spacial score (nSPS) is 25.5. The Morgan fingerprint density at radius 2 is 2.16 bits per heavy atom. The van der Waals surface area contributed by atoms with Gasteiger partial charge < -0.3 is 15.0 Å². The second-order valence-corrected chi connectivity index (χ2v) is 6.13. The van der Waals surface area contributed by atoms with Gasteiger partial charge in [0.2, 0.25) is 5.95 Å². The van der Waals surface area contributed by atoms with Crippen LogP contribution in [-0.2, 0) is 4.74 Å². The number of aryl methyl sites for hydroxylation is 1. The lowest BCUT2D eigenvalue weighted by Crippen LogP contribution is -2.51. The maximum atomic E-state index is 6.13. The zero-order chi connectivity index (χ0) is 13.8. The molecule has 0 amide bonds. The quantitative estimate of drug-likeness (QED) is 0.902. The van der Waals surface area contributed by atoms with Crippen molar-refractivity contribution in [2.45, 2.75) is 39.3 Å². The van der Waals surface area contributed by atoms with Crippen LogP contribution < -0.4 is 5.73 Å². The van der Waals surface area contributed by atoms with E-state index in [0.717, 1.165) is 17.5 Å². The van der Waals surface area contributed by atoms with Crippen LogP contribution in [0.5, 0.6) is 0 Å². The Hall–Kier alpha value is -1.55. The molecule has 2 aromatic rings. The smallest absolute Gasteiger partial charge is 0.201 e. The van der Waals surface area contributed by atoms with Gasteiger partial charge in [-0.05, 0) is 31.0 Å². The van der Waals surface area contributed by atoms with Crippen molar-refractivity contribution in [3.8, 4) is 0 Å². The van der Waals surface area contributed by atoms with Crippen LogP contribution in [0.4, 0.5) is 5.95 Å². The average Bonchev–Trinajstić information content (AvgIpc) is 2.64. The minimum atomic E-state index is 0.0847. The number of hydrogen-bond acceptors (Lipinski definition) is 3. The molecule has 102 valence electrons. The summed E-state index contributed by atoms with van der Waals surface area (Å²) in [5, 5.41) is 0. The number of benzene rings is 1. The van der Waals surface area contributed by atoms with Crippen molar-refractivity contribution >= 4 is 17.0 Å². The highest BCUT2D eigenvalue weighted by Crippen LogP contribution is 2.52. The summed E-state index contributed by atoms with van der Waals surface area (Å²) in [6, 6.07) is 6.66. The number of anilines is 1. The van der Waals surface area contributed by atoms with Crippen molar-refractivity contribution in [2.75, 3.05) is 12.8 Å². The lowest BCUT2D eigenvalue weighted by Gasteiger charge is -2.51.